The van der Waals surface area contributed by atoms with Crippen LogP contribution in [-0.2, 0) is 5.88 Å². The zero-order valence-electron chi connectivity index (χ0n) is 12.2. The molecule has 1 aromatic rings. The molecule has 1 aliphatic heterocycles. The summed E-state index contributed by atoms with van der Waals surface area (Å²) < 4.78 is 0. The summed E-state index contributed by atoms with van der Waals surface area (Å²) in [4.78, 5) is 2.36. The van der Waals surface area contributed by atoms with Crippen LogP contribution in [0.15, 0.2) is 12.1 Å². The highest BCUT2D eigenvalue weighted by atomic mass is 35.5. The van der Waals surface area contributed by atoms with Gasteiger partial charge in [-0.1, -0.05) is 20.8 Å². The standard InChI is InChI=1S/C15H24ClN3/c1-15(2,3)12-5-4-9-19(10-8-12)14-7-6-13(11-16)17-18-14/h6-7,12H,4-5,8-11H2,1-3H3. The third-order valence-electron chi connectivity index (χ3n) is 4.12. The van der Waals surface area contributed by atoms with Crippen molar-refractivity contribution in [1.29, 1.82) is 0 Å². The lowest BCUT2D eigenvalue weighted by Gasteiger charge is -2.29. The molecule has 1 aliphatic rings. The Balaban J connectivity index is 2.02. The maximum Gasteiger partial charge on any atom is 0.151 e. The summed E-state index contributed by atoms with van der Waals surface area (Å²) in [6, 6.07) is 4.02. The summed E-state index contributed by atoms with van der Waals surface area (Å²) in [5.41, 5.74) is 1.25. The number of anilines is 1. The molecular weight excluding hydrogens is 258 g/mol. The highest BCUT2D eigenvalue weighted by Gasteiger charge is 2.27. The largest absolute Gasteiger partial charge is 0.355 e. The number of alkyl halides is 1. The maximum absolute atomic E-state index is 5.74. The van der Waals surface area contributed by atoms with Crippen LogP contribution in [-0.4, -0.2) is 23.3 Å². The third-order valence-corrected chi connectivity index (χ3v) is 4.39. The van der Waals surface area contributed by atoms with E-state index in [0.717, 1.165) is 30.5 Å². The Morgan fingerprint density at radius 3 is 2.58 bits per heavy atom. The number of rotatable bonds is 2. The van der Waals surface area contributed by atoms with E-state index in [9.17, 15) is 0 Å². The average Bonchev–Trinajstić information content (AvgIpc) is 2.64. The topological polar surface area (TPSA) is 29.0 Å². The quantitative estimate of drug-likeness (QED) is 0.771. The second-order valence-corrected chi connectivity index (χ2v) is 6.76. The molecule has 0 aliphatic carbocycles. The molecule has 1 atom stereocenters. The number of halogens is 1. The fraction of sp³-hybridized carbons (Fsp3) is 0.733. The van der Waals surface area contributed by atoms with Crippen molar-refractivity contribution in [2.45, 2.75) is 45.9 Å². The molecule has 0 amide bonds. The van der Waals surface area contributed by atoms with E-state index in [1.807, 2.05) is 12.1 Å². The van der Waals surface area contributed by atoms with Gasteiger partial charge >= 0.3 is 0 Å². The van der Waals surface area contributed by atoms with Gasteiger partial charge < -0.3 is 4.90 Å². The maximum atomic E-state index is 5.74. The van der Waals surface area contributed by atoms with Crippen molar-refractivity contribution in [3.63, 3.8) is 0 Å². The van der Waals surface area contributed by atoms with Gasteiger partial charge in [-0.15, -0.1) is 16.7 Å². The van der Waals surface area contributed by atoms with Crippen molar-refractivity contribution < 1.29 is 0 Å². The van der Waals surface area contributed by atoms with Gasteiger partial charge in [0.2, 0.25) is 0 Å². The van der Waals surface area contributed by atoms with Gasteiger partial charge in [0.25, 0.3) is 0 Å². The summed E-state index contributed by atoms with van der Waals surface area (Å²) in [6.07, 6.45) is 3.79. The molecule has 4 heteroatoms. The molecule has 1 saturated heterocycles. The molecule has 0 spiro atoms. The minimum Gasteiger partial charge on any atom is -0.355 e. The molecule has 0 saturated carbocycles. The van der Waals surface area contributed by atoms with E-state index in [1.165, 1.54) is 19.3 Å². The molecule has 3 nitrogen and oxygen atoms in total. The first-order chi connectivity index (χ1) is 9.00. The minimum atomic E-state index is 0.407. The monoisotopic (exact) mass is 281 g/mol. The lowest BCUT2D eigenvalue weighted by molar-refractivity contribution is 0.220. The van der Waals surface area contributed by atoms with Crippen molar-refractivity contribution in [1.82, 2.24) is 10.2 Å². The summed E-state index contributed by atoms with van der Waals surface area (Å²) in [6.45, 7) is 9.21. The summed E-state index contributed by atoms with van der Waals surface area (Å²) in [5, 5.41) is 8.44. The number of aromatic nitrogens is 2. The summed E-state index contributed by atoms with van der Waals surface area (Å²) in [7, 11) is 0. The van der Waals surface area contributed by atoms with Gasteiger partial charge in [0.05, 0.1) is 11.6 Å². The fourth-order valence-corrected chi connectivity index (χ4v) is 2.93. The van der Waals surface area contributed by atoms with E-state index in [4.69, 9.17) is 11.6 Å². The first kappa shape index (κ1) is 14.6. The lowest BCUT2D eigenvalue weighted by Crippen LogP contribution is -2.27. The number of nitrogens with zero attached hydrogens (tertiary/aromatic N) is 3. The first-order valence-electron chi connectivity index (χ1n) is 7.14. The summed E-state index contributed by atoms with van der Waals surface area (Å²) in [5.74, 6) is 2.22. The van der Waals surface area contributed by atoms with E-state index >= 15 is 0 Å². The van der Waals surface area contributed by atoms with Crippen LogP contribution >= 0.6 is 11.6 Å². The third kappa shape index (κ3) is 3.82. The molecule has 1 unspecified atom stereocenters. The average molecular weight is 282 g/mol. The zero-order chi connectivity index (χ0) is 13.9. The smallest absolute Gasteiger partial charge is 0.151 e. The van der Waals surface area contributed by atoms with Crippen molar-refractivity contribution in [2.75, 3.05) is 18.0 Å². The molecule has 0 bridgehead atoms. The molecule has 2 heterocycles. The first-order valence-corrected chi connectivity index (χ1v) is 7.67. The number of hydrogen-bond donors (Lipinski definition) is 0. The normalized spacial score (nSPS) is 21.3. The van der Waals surface area contributed by atoms with Crippen molar-refractivity contribution in [3.8, 4) is 0 Å². The highest BCUT2D eigenvalue weighted by molar-refractivity contribution is 6.16. The van der Waals surface area contributed by atoms with Crippen LogP contribution in [0.5, 0.6) is 0 Å². The van der Waals surface area contributed by atoms with Crippen molar-refractivity contribution in [2.24, 2.45) is 11.3 Å². The van der Waals surface area contributed by atoms with Crippen LogP contribution in [0.3, 0.4) is 0 Å². The molecule has 19 heavy (non-hydrogen) atoms. The van der Waals surface area contributed by atoms with E-state index < -0.39 is 0 Å². The van der Waals surface area contributed by atoms with Gasteiger partial charge in [-0.25, -0.2) is 0 Å². The molecule has 0 N–H and O–H groups in total. The van der Waals surface area contributed by atoms with Gasteiger partial charge in [-0.2, -0.15) is 5.10 Å². The molecule has 1 aromatic heterocycles. The predicted molar refractivity (Wildman–Crippen MR) is 80.6 cm³/mol. The molecule has 106 valence electrons. The van der Waals surface area contributed by atoms with Gasteiger partial charge in [0.15, 0.2) is 5.82 Å². The minimum absolute atomic E-state index is 0.407. The van der Waals surface area contributed by atoms with E-state index in [-0.39, 0.29) is 0 Å². The van der Waals surface area contributed by atoms with Crippen molar-refractivity contribution in [3.05, 3.63) is 17.8 Å². The van der Waals surface area contributed by atoms with Crippen LogP contribution in [0.2, 0.25) is 0 Å². The molecule has 0 radical (unpaired) electrons. The zero-order valence-corrected chi connectivity index (χ0v) is 13.0. The fourth-order valence-electron chi connectivity index (χ4n) is 2.78. The second-order valence-electron chi connectivity index (χ2n) is 6.50. The number of hydrogen-bond acceptors (Lipinski definition) is 3. The van der Waals surface area contributed by atoms with Crippen LogP contribution in [0.4, 0.5) is 5.82 Å². The van der Waals surface area contributed by atoms with Crippen LogP contribution in [0.1, 0.15) is 45.7 Å². The van der Waals surface area contributed by atoms with Gasteiger partial charge in [-0.3, -0.25) is 0 Å². The highest BCUT2D eigenvalue weighted by Crippen LogP contribution is 2.34. The Morgan fingerprint density at radius 1 is 1.21 bits per heavy atom. The Hall–Kier alpha value is -0.830. The molecule has 2 rings (SSSR count). The SMILES string of the molecule is CC(C)(C)C1CCCN(c2ccc(CCl)nn2)CC1. The van der Waals surface area contributed by atoms with Crippen LogP contribution < -0.4 is 4.90 Å². The second kappa shape index (κ2) is 6.08. The van der Waals surface area contributed by atoms with E-state index in [1.54, 1.807) is 0 Å². The van der Waals surface area contributed by atoms with Gasteiger partial charge in [0.1, 0.15) is 0 Å². The molecule has 1 fully saturated rings. The van der Waals surface area contributed by atoms with Gasteiger partial charge in [-0.05, 0) is 42.7 Å². The Kier molecular flexibility index (Phi) is 4.67. The van der Waals surface area contributed by atoms with E-state index in [2.05, 4.69) is 35.9 Å². The Morgan fingerprint density at radius 2 is 2.00 bits per heavy atom. The van der Waals surface area contributed by atoms with Crippen molar-refractivity contribution >= 4 is 17.4 Å². The summed E-state index contributed by atoms with van der Waals surface area (Å²) >= 11 is 5.74. The lowest BCUT2D eigenvalue weighted by atomic mass is 9.77. The van der Waals surface area contributed by atoms with Crippen LogP contribution in [0.25, 0.3) is 0 Å². The molecule has 0 aromatic carbocycles. The van der Waals surface area contributed by atoms with Crippen LogP contribution in [0, 0.1) is 11.3 Å². The van der Waals surface area contributed by atoms with Gasteiger partial charge in [0, 0.05) is 13.1 Å². The van der Waals surface area contributed by atoms with E-state index in [0.29, 0.717) is 11.3 Å². The predicted octanol–water partition coefficient (Wildman–Crippen LogP) is 3.87. The Bertz CT molecular complexity index is 397. The Labute approximate surface area is 121 Å². The molecular formula is C15H24ClN3.